The number of carbonyl (C=O) groups is 2. The van der Waals surface area contributed by atoms with Crippen LogP contribution in [0.3, 0.4) is 0 Å². The highest BCUT2D eigenvalue weighted by atomic mass is 32.2. The lowest BCUT2D eigenvalue weighted by Gasteiger charge is -2.26. The first-order valence-electron chi connectivity index (χ1n) is 13.5. The minimum Gasteiger partial charge on any atom is -0.467 e. The zero-order valence-corrected chi connectivity index (χ0v) is 24.6. The number of nitrogens with one attached hydrogen (secondary N) is 1. The smallest absolute Gasteiger partial charge is 0.328 e. The number of ether oxygens (including phenoxy) is 1. The predicted octanol–water partition coefficient (Wildman–Crippen LogP) is 6.57. The molecule has 0 fully saturated rings. The zero-order valence-electron chi connectivity index (χ0n) is 23.8. The Morgan fingerprint density at radius 2 is 1.69 bits per heavy atom. The third-order valence-corrected chi connectivity index (χ3v) is 7.49. The van der Waals surface area contributed by atoms with E-state index in [-0.39, 0.29) is 12.5 Å². The fourth-order valence-electron chi connectivity index (χ4n) is 4.77. The Bertz CT molecular complexity index is 1510. The van der Waals surface area contributed by atoms with Crippen LogP contribution in [0.5, 0.6) is 0 Å². The number of benzene rings is 3. The lowest BCUT2D eigenvalue weighted by Crippen LogP contribution is -2.42. The quantitative estimate of drug-likeness (QED) is 0.189. The van der Waals surface area contributed by atoms with Gasteiger partial charge in [0.2, 0.25) is 0 Å². The minimum absolute atomic E-state index is 0.235. The first-order chi connectivity index (χ1) is 20.3. The van der Waals surface area contributed by atoms with Gasteiger partial charge in [0.1, 0.15) is 17.7 Å². The van der Waals surface area contributed by atoms with E-state index in [4.69, 9.17) is 4.74 Å². The van der Waals surface area contributed by atoms with Gasteiger partial charge in [-0.25, -0.2) is 13.6 Å². The van der Waals surface area contributed by atoms with Crippen LogP contribution in [0.25, 0.3) is 11.1 Å². The van der Waals surface area contributed by atoms with E-state index in [2.05, 4.69) is 10.3 Å². The second-order valence-electron chi connectivity index (χ2n) is 9.87. The summed E-state index contributed by atoms with van der Waals surface area (Å²) in [6.45, 7) is 2.58. The van der Waals surface area contributed by atoms with E-state index < -0.39 is 23.6 Å². The van der Waals surface area contributed by atoms with Crippen molar-refractivity contribution in [2.75, 3.05) is 24.0 Å². The molecule has 0 radical (unpaired) electrons. The number of anilines is 1. The molecule has 0 aliphatic rings. The normalized spacial score (nSPS) is 11.5. The summed E-state index contributed by atoms with van der Waals surface area (Å²) in [6, 6.07) is 19.7. The van der Waals surface area contributed by atoms with Crippen LogP contribution in [0.2, 0.25) is 0 Å². The molecule has 0 aliphatic carbocycles. The van der Waals surface area contributed by atoms with Crippen LogP contribution in [0.15, 0.2) is 85.2 Å². The molecule has 4 rings (SSSR count). The van der Waals surface area contributed by atoms with Gasteiger partial charge in [0.05, 0.1) is 19.0 Å². The Labute approximate surface area is 249 Å². The van der Waals surface area contributed by atoms with Crippen LogP contribution in [0.1, 0.15) is 33.5 Å². The molecule has 1 N–H and O–H groups in total. The second-order valence-corrected chi connectivity index (χ2v) is 10.9. The predicted molar refractivity (Wildman–Crippen MR) is 163 cm³/mol. The van der Waals surface area contributed by atoms with Gasteiger partial charge in [0, 0.05) is 30.9 Å². The van der Waals surface area contributed by atoms with Crippen molar-refractivity contribution in [1.82, 2.24) is 10.3 Å². The highest BCUT2D eigenvalue weighted by Gasteiger charge is 2.24. The number of thioether (sulfide) groups is 1. The van der Waals surface area contributed by atoms with E-state index in [1.807, 2.05) is 60.5 Å². The van der Waals surface area contributed by atoms with Gasteiger partial charge in [-0.3, -0.25) is 9.78 Å². The third-order valence-electron chi connectivity index (χ3n) is 6.85. The second kappa shape index (κ2) is 14.6. The summed E-state index contributed by atoms with van der Waals surface area (Å²) in [5, 5.41) is 2.86. The Kier molecular flexibility index (Phi) is 10.7. The molecule has 1 aromatic heterocycles. The number of hydrogen-bond donors (Lipinski definition) is 1. The van der Waals surface area contributed by atoms with Crippen molar-refractivity contribution >= 4 is 29.3 Å². The summed E-state index contributed by atoms with van der Waals surface area (Å²) in [7, 11) is 1.31. The molecule has 0 unspecified atom stereocenters. The molecular formula is C33H33F2N3O3S. The molecule has 0 bridgehead atoms. The summed E-state index contributed by atoms with van der Waals surface area (Å²) in [4.78, 5) is 32.2. The van der Waals surface area contributed by atoms with Crippen LogP contribution in [-0.2, 0) is 22.6 Å². The molecule has 1 atom stereocenters. The van der Waals surface area contributed by atoms with E-state index in [1.165, 1.54) is 19.2 Å². The Balaban J connectivity index is 1.72. The first-order valence-corrected chi connectivity index (χ1v) is 14.8. The summed E-state index contributed by atoms with van der Waals surface area (Å²) >= 11 is 1.58. The monoisotopic (exact) mass is 589 g/mol. The van der Waals surface area contributed by atoms with Crippen molar-refractivity contribution in [1.29, 1.82) is 0 Å². The average Bonchev–Trinajstić information content (AvgIpc) is 2.98. The van der Waals surface area contributed by atoms with E-state index in [0.29, 0.717) is 35.4 Å². The van der Waals surface area contributed by atoms with E-state index in [1.54, 1.807) is 36.3 Å². The molecule has 0 saturated heterocycles. The van der Waals surface area contributed by atoms with Crippen molar-refractivity contribution in [3.63, 3.8) is 0 Å². The number of nitrogens with zero attached hydrogens (tertiary/aromatic N) is 2. The molecule has 3 aromatic carbocycles. The van der Waals surface area contributed by atoms with Crippen molar-refractivity contribution < 1.29 is 23.1 Å². The zero-order chi connectivity index (χ0) is 30.1. The fraction of sp³-hybridized carbons (Fsp3) is 0.242. The van der Waals surface area contributed by atoms with E-state index in [9.17, 15) is 18.4 Å². The highest BCUT2D eigenvalue weighted by molar-refractivity contribution is 7.98. The van der Waals surface area contributed by atoms with Crippen LogP contribution >= 0.6 is 11.8 Å². The van der Waals surface area contributed by atoms with Gasteiger partial charge in [-0.15, -0.1) is 0 Å². The number of methoxy groups -OCH3 is 1. The summed E-state index contributed by atoms with van der Waals surface area (Å²) < 4.78 is 32.9. The molecule has 0 aliphatic heterocycles. The maximum Gasteiger partial charge on any atom is 0.328 e. The van der Waals surface area contributed by atoms with Gasteiger partial charge < -0.3 is 15.0 Å². The SMILES string of the molecule is COC(=O)[C@H](CCSC)NC(=O)c1ccc(CN(Cc2cc(F)cc(F)c2)c2cccnc2)cc1-c1ccccc1C. The van der Waals surface area contributed by atoms with Crippen LogP contribution in [-0.4, -0.2) is 42.0 Å². The van der Waals surface area contributed by atoms with Crippen molar-refractivity contribution in [2.45, 2.75) is 32.5 Å². The number of pyridine rings is 1. The summed E-state index contributed by atoms with van der Waals surface area (Å²) in [6.07, 6.45) is 5.73. The summed E-state index contributed by atoms with van der Waals surface area (Å²) in [5.41, 5.74) is 5.11. The standard InChI is InChI=1S/C33H33F2N3O3S/c1-22-7-4-5-9-28(22)30-17-23(10-11-29(30)32(39)37-31(12-14-42-3)33(40)41-2)20-38(27-8-6-13-36-19-27)21-24-15-25(34)18-26(35)16-24/h4-11,13,15-19,31H,12,14,20-21H2,1-3H3,(H,37,39)/t31-/m0/s1. The number of esters is 1. The molecule has 218 valence electrons. The largest absolute Gasteiger partial charge is 0.467 e. The number of rotatable bonds is 12. The Morgan fingerprint density at radius 1 is 0.952 bits per heavy atom. The molecule has 42 heavy (non-hydrogen) atoms. The molecule has 1 heterocycles. The summed E-state index contributed by atoms with van der Waals surface area (Å²) in [5.74, 6) is -1.47. The van der Waals surface area contributed by atoms with Crippen LogP contribution < -0.4 is 10.2 Å². The van der Waals surface area contributed by atoms with Gasteiger partial charge in [-0.05, 0) is 89.6 Å². The molecule has 1 amide bonds. The molecular weight excluding hydrogens is 556 g/mol. The van der Waals surface area contributed by atoms with Crippen molar-refractivity contribution in [3.8, 4) is 11.1 Å². The van der Waals surface area contributed by atoms with Crippen molar-refractivity contribution in [2.24, 2.45) is 0 Å². The topological polar surface area (TPSA) is 71.5 Å². The maximum atomic E-state index is 14.0. The van der Waals surface area contributed by atoms with E-state index >= 15 is 0 Å². The third kappa shape index (κ3) is 7.94. The van der Waals surface area contributed by atoms with Crippen LogP contribution in [0, 0.1) is 18.6 Å². The molecule has 6 nitrogen and oxygen atoms in total. The number of hydrogen-bond acceptors (Lipinski definition) is 6. The minimum atomic E-state index is -0.771. The number of aromatic nitrogens is 1. The Hall–Kier alpha value is -4.24. The number of amides is 1. The average molecular weight is 590 g/mol. The number of carbonyl (C=O) groups excluding carboxylic acids is 2. The fourth-order valence-corrected chi connectivity index (χ4v) is 5.24. The van der Waals surface area contributed by atoms with Gasteiger partial charge >= 0.3 is 5.97 Å². The van der Waals surface area contributed by atoms with Crippen molar-refractivity contribution in [3.05, 3.63) is 119 Å². The number of halogens is 2. The number of aryl methyl sites for hydroxylation is 1. The first kappa shape index (κ1) is 30.7. The highest BCUT2D eigenvalue weighted by Crippen LogP contribution is 2.30. The molecule has 0 spiro atoms. The van der Waals surface area contributed by atoms with E-state index in [0.717, 1.165) is 28.4 Å². The molecule has 4 aromatic rings. The van der Waals surface area contributed by atoms with Gasteiger partial charge in [-0.2, -0.15) is 11.8 Å². The van der Waals surface area contributed by atoms with Gasteiger partial charge in [-0.1, -0.05) is 30.3 Å². The lowest BCUT2D eigenvalue weighted by molar-refractivity contribution is -0.142. The van der Waals surface area contributed by atoms with Crippen LogP contribution in [0.4, 0.5) is 14.5 Å². The van der Waals surface area contributed by atoms with Gasteiger partial charge in [0.15, 0.2) is 0 Å². The Morgan fingerprint density at radius 3 is 2.36 bits per heavy atom. The molecule has 0 saturated carbocycles. The van der Waals surface area contributed by atoms with Gasteiger partial charge in [0.25, 0.3) is 5.91 Å². The lowest BCUT2D eigenvalue weighted by atomic mass is 9.93. The molecule has 9 heteroatoms. The maximum absolute atomic E-state index is 14.0.